The average molecular weight is 339 g/mol. The van der Waals surface area contributed by atoms with Crippen molar-refractivity contribution in [2.24, 2.45) is 0 Å². The van der Waals surface area contributed by atoms with Crippen molar-refractivity contribution >= 4 is 12.0 Å². The van der Waals surface area contributed by atoms with Crippen LogP contribution in [0.2, 0.25) is 0 Å². The van der Waals surface area contributed by atoms with Crippen LogP contribution in [-0.4, -0.2) is 32.3 Å². The molecule has 5 heteroatoms. The van der Waals surface area contributed by atoms with Crippen molar-refractivity contribution in [3.8, 4) is 17.2 Å². The number of amides is 1. The number of rotatable bonds is 5. The van der Waals surface area contributed by atoms with Gasteiger partial charge in [-0.25, -0.2) is 0 Å². The van der Waals surface area contributed by atoms with E-state index in [1.54, 1.807) is 13.2 Å². The maximum Gasteiger partial charge on any atom is 0.244 e. The quantitative estimate of drug-likeness (QED) is 0.851. The standard InChI is InChI=1S/C20H21NO4/c1-14-7-9-17(23-2)15(11-14)8-10-20(22)21-12-16-13-24-18-5-3-4-6-19(18)25-16/h3-11,16H,12-13H2,1-2H3,(H,21,22)/b10-8+/t16-/m1/s1. The van der Waals surface area contributed by atoms with Crippen LogP contribution in [0.25, 0.3) is 6.08 Å². The molecule has 0 fully saturated rings. The van der Waals surface area contributed by atoms with Crippen molar-refractivity contribution in [3.63, 3.8) is 0 Å². The second kappa shape index (κ2) is 7.75. The Morgan fingerprint density at radius 1 is 1.28 bits per heavy atom. The minimum atomic E-state index is -0.208. The third-order valence-electron chi connectivity index (χ3n) is 3.87. The van der Waals surface area contributed by atoms with Gasteiger partial charge in [0.15, 0.2) is 11.5 Å². The van der Waals surface area contributed by atoms with E-state index in [9.17, 15) is 4.79 Å². The Kier molecular flexibility index (Phi) is 5.23. The fourth-order valence-electron chi connectivity index (χ4n) is 2.59. The van der Waals surface area contributed by atoms with Crippen LogP contribution in [0.5, 0.6) is 17.2 Å². The lowest BCUT2D eigenvalue weighted by Crippen LogP contribution is -2.40. The zero-order valence-electron chi connectivity index (χ0n) is 14.3. The number of fused-ring (bicyclic) bond motifs is 1. The van der Waals surface area contributed by atoms with Crippen LogP contribution in [0, 0.1) is 6.92 Å². The third-order valence-corrected chi connectivity index (χ3v) is 3.87. The fourth-order valence-corrected chi connectivity index (χ4v) is 2.59. The van der Waals surface area contributed by atoms with Crippen LogP contribution < -0.4 is 19.5 Å². The molecule has 0 saturated carbocycles. The molecule has 130 valence electrons. The van der Waals surface area contributed by atoms with Gasteiger partial charge in [-0.15, -0.1) is 0 Å². The van der Waals surface area contributed by atoms with Crippen molar-refractivity contribution in [2.75, 3.05) is 20.3 Å². The van der Waals surface area contributed by atoms with E-state index in [2.05, 4.69) is 5.32 Å². The molecule has 3 rings (SSSR count). The smallest absolute Gasteiger partial charge is 0.244 e. The minimum Gasteiger partial charge on any atom is -0.496 e. The van der Waals surface area contributed by atoms with E-state index < -0.39 is 0 Å². The van der Waals surface area contributed by atoms with Crippen LogP contribution in [0.15, 0.2) is 48.5 Å². The van der Waals surface area contributed by atoms with Gasteiger partial charge in [0.2, 0.25) is 5.91 Å². The molecule has 1 atom stereocenters. The van der Waals surface area contributed by atoms with Crippen molar-refractivity contribution in [1.29, 1.82) is 0 Å². The number of nitrogens with one attached hydrogen (secondary N) is 1. The summed E-state index contributed by atoms with van der Waals surface area (Å²) in [6.45, 7) is 2.78. The van der Waals surface area contributed by atoms with Gasteiger partial charge in [-0.1, -0.05) is 23.8 Å². The second-order valence-electron chi connectivity index (χ2n) is 5.82. The summed E-state index contributed by atoms with van der Waals surface area (Å²) in [6.07, 6.45) is 3.03. The van der Waals surface area contributed by atoms with Gasteiger partial charge in [0.1, 0.15) is 18.5 Å². The summed E-state index contributed by atoms with van der Waals surface area (Å²) >= 11 is 0. The van der Waals surface area contributed by atoms with Gasteiger partial charge in [-0.2, -0.15) is 0 Å². The maximum atomic E-state index is 12.1. The van der Waals surface area contributed by atoms with E-state index in [0.29, 0.717) is 18.9 Å². The highest BCUT2D eigenvalue weighted by Crippen LogP contribution is 2.30. The molecule has 0 aromatic heterocycles. The number of hydrogen-bond donors (Lipinski definition) is 1. The molecule has 0 radical (unpaired) electrons. The van der Waals surface area contributed by atoms with E-state index >= 15 is 0 Å². The lowest BCUT2D eigenvalue weighted by Gasteiger charge is -2.26. The molecule has 0 spiro atoms. The van der Waals surface area contributed by atoms with Crippen molar-refractivity contribution in [2.45, 2.75) is 13.0 Å². The molecule has 0 aliphatic carbocycles. The van der Waals surface area contributed by atoms with Gasteiger partial charge in [-0.05, 0) is 37.3 Å². The zero-order chi connectivity index (χ0) is 17.6. The lowest BCUT2D eigenvalue weighted by molar-refractivity contribution is -0.116. The highest BCUT2D eigenvalue weighted by Gasteiger charge is 2.20. The summed E-state index contributed by atoms with van der Waals surface area (Å²) in [5.41, 5.74) is 1.97. The highest BCUT2D eigenvalue weighted by molar-refractivity contribution is 5.92. The monoisotopic (exact) mass is 339 g/mol. The van der Waals surface area contributed by atoms with E-state index in [-0.39, 0.29) is 12.0 Å². The first-order chi connectivity index (χ1) is 12.2. The van der Waals surface area contributed by atoms with Gasteiger partial charge in [0.25, 0.3) is 0 Å². The van der Waals surface area contributed by atoms with E-state index in [0.717, 1.165) is 22.6 Å². The Balaban J connectivity index is 1.54. The Labute approximate surface area is 147 Å². The molecule has 2 aromatic carbocycles. The number of aryl methyl sites for hydroxylation is 1. The number of carbonyl (C=O) groups is 1. The molecule has 0 unspecified atom stereocenters. The molecule has 1 aliphatic rings. The molecule has 25 heavy (non-hydrogen) atoms. The van der Waals surface area contributed by atoms with Crippen molar-refractivity contribution < 1.29 is 19.0 Å². The molecule has 1 heterocycles. The number of ether oxygens (including phenoxy) is 3. The topological polar surface area (TPSA) is 56.8 Å². The largest absolute Gasteiger partial charge is 0.496 e. The van der Waals surface area contributed by atoms with Gasteiger partial charge in [0.05, 0.1) is 13.7 Å². The minimum absolute atomic E-state index is 0.189. The summed E-state index contributed by atoms with van der Waals surface area (Å²) in [5.74, 6) is 1.98. The normalized spacial score (nSPS) is 15.8. The van der Waals surface area contributed by atoms with Crippen LogP contribution in [0.3, 0.4) is 0 Å². The number of carbonyl (C=O) groups excluding carboxylic acids is 1. The van der Waals surface area contributed by atoms with Gasteiger partial charge < -0.3 is 19.5 Å². The number of hydrogen-bond acceptors (Lipinski definition) is 4. The number of methoxy groups -OCH3 is 1. The SMILES string of the molecule is COc1ccc(C)cc1/C=C/C(=O)NC[C@@H]1COc2ccccc2O1. The second-order valence-corrected chi connectivity index (χ2v) is 5.82. The molecule has 2 aromatic rings. The highest BCUT2D eigenvalue weighted by atomic mass is 16.6. The lowest BCUT2D eigenvalue weighted by atomic mass is 10.1. The van der Waals surface area contributed by atoms with Gasteiger partial charge in [-0.3, -0.25) is 4.79 Å². The Morgan fingerprint density at radius 2 is 2.08 bits per heavy atom. The van der Waals surface area contributed by atoms with Gasteiger partial charge in [0, 0.05) is 11.6 Å². The van der Waals surface area contributed by atoms with E-state index in [1.807, 2.05) is 49.4 Å². The molecule has 5 nitrogen and oxygen atoms in total. The number of benzene rings is 2. The summed E-state index contributed by atoms with van der Waals surface area (Å²) < 4.78 is 16.7. The van der Waals surface area contributed by atoms with E-state index in [1.165, 1.54) is 6.08 Å². The predicted octanol–water partition coefficient (Wildman–Crippen LogP) is 2.97. The van der Waals surface area contributed by atoms with E-state index in [4.69, 9.17) is 14.2 Å². The van der Waals surface area contributed by atoms with Crippen LogP contribution in [0.4, 0.5) is 0 Å². The Morgan fingerprint density at radius 3 is 2.88 bits per heavy atom. The molecule has 1 amide bonds. The van der Waals surface area contributed by atoms with Crippen molar-refractivity contribution in [1.82, 2.24) is 5.32 Å². The summed E-state index contributed by atoms with van der Waals surface area (Å²) in [7, 11) is 1.61. The summed E-state index contributed by atoms with van der Waals surface area (Å²) in [5, 5.41) is 2.83. The maximum absolute atomic E-state index is 12.1. The molecule has 0 saturated heterocycles. The average Bonchev–Trinajstić information content (AvgIpc) is 2.64. The predicted molar refractivity (Wildman–Crippen MR) is 96.1 cm³/mol. The molecule has 0 bridgehead atoms. The molecular formula is C20H21NO4. The molecule has 1 N–H and O–H groups in total. The van der Waals surface area contributed by atoms with Crippen molar-refractivity contribution in [3.05, 3.63) is 59.7 Å². The van der Waals surface area contributed by atoms with Crippen LogP contribution >= 0.6 is 0 Å². The Hall–Kier alpha value is -2.95. The van der Waals surface area contributed by atoms with Gasteiger partial charge >= 0.3 is 0 Å². The first-order valence-corrected chi connectivity index (χ1v) is 8.15. The van der Waals surface area contributed by atoms with Crippen LogP contribution in [-0.2, 0) is 4.79 Å². The first kappa shape index (κ1) is 16.9. The van der Waals surface area contributed by atoms with Crippen LogP contribution in [0.1, 0.15) is 11.1 Å². The Bertz CT molecular complexity index is 785. The first-order valence-electron chi connectivity index (χ1n) is 8.15. The summed E-state index contributed by atoms with van der Waals surface area (Å²) in [6, 6.07) is 13.3. The molecular weight excluding hydrogens is 318 g/mol. The summed E-state index contributed by atoms with van der Waals surface area (Å²) in [4.78, 5) is 12.1. The number of para-hydroxylation sites is 2. The fraction of sp³-hybridized carbons (Fsp3) is 0.250. The third kappa shape index (κ3) is 4.32. The zero-order valence-corrected chi connectivity index (χ0v) is 14.3. The molecule has 1 aliphatic heterocycles.